The number of benzene rings is 1. The van der Waals surface area contributed by atoms with E-state index in [1.807, 2.05) is 18.2 Å². The molecule has 0 aliphatic carbocycles. The first-order chi connectivity index (χ1) is 10.9. The van der Waals surface area contributed by atoms with Crippen LogP contribution in [0.5, 0.6) is 0 Å². The van der Waals surface area contributed by atoms with Gasteiger partial charge in [0.05, 0.1) is 6.54 Å². The number of rotatable bonds is 5. The quantitative estimate of drug-likeness (QED) is 0.774. The van der Waals surface area contributed by atoms with Gasteiger partial charge in [-0.2, -0.15) is 0 Å². The van der Waals surface area contributed by atoms with Crippen LogP contribution in [0.15, 0.2) is 45.5 Å². The monoisotopic (exact) mass is 398 g/mol. The standard InChI is InChI=1S/C16H16BrClN2O3/c1-19(9-11-5-3-4-6-12(11)18)15(21)10-20(2)16(22)13-7-8-14(17)23-13/h3-8H,9-10H2,1-2H3. The molecular weight excluding hydrogens is 384 g/mol. The summed E-state index contributed by atoms with van der Waals surface area (Å²) in [7, 11) is 3.23. The number of likely N-dealkylation sites (N-methyl/N-ethyl adjacent to an activating group) is 2. The molecule has 0 aliphatic rings. The van der Waals surface area contributed by atoms with Crippen LogP contribution in [0.25, 0.3) is 0 Å². The average molecular weight is 400 g/mol. The third-order valence-corrected chi connectivity index (χ3v) is 4.09. The van der Waals surface area contributed by atoms with E-state index in [9.17, 15) is 9.59 Å². The fourth-order valence-electron chi connectivity index (χ4n) is 1.98. The van der Waals surface area contributed by atoms with Crippen molar-refractivity contribution in [2.45, 2.75) is 6.54 Å². The highest BCUT2D eigenvalue weighted by Gasteiger charge is 2.20. The van der Waals surface area contributed by atoms with Crippen LogP contribution in [0.1, 0.15) is 16.1 Å². The minimum atomic E-state index is -0.352. The molecule has 0 aliphatic heterocycles. The smallest absolute Gasteiger partial charge is 0.289 e. The van der Waals surface area contributed by atoms with Gasteiger partial charge in [0.25, 0.3) is 5.91 Å². The fraction of sp³-hybridized carbons (Fsp3) is 0.250. The second-order valence-electron chi connectivity index (χ2n) is 5.11. The van der Waals surface area contributed by atoms with Gasteiger partial charge in [-0.1, -0.05) is 29.8 Å². The van der Waals surface area contributed by atoms with E-state index in [4.69, 9.17) is 16.0 Å². The van der Waals surface area contributed by atoms with E-state index in [1.54, 1.807) is 32.3 Å². The van der Waals surface area contributed by atoms with Crippen molar-refractivity contribution in [3.8, 4) is 0 Å². The molecule has 0 atom stereocenters. The molecule has 1 aromatic heterocycles. The number of hydrogen-bond donors (Lipinski definition) is 0. The zero-order valence-corrected chi connectivity index (χ0v) is 15.1. The molecule has 0 spiro atoms. The first-order valence-electron chi connectivity index (χ1n) is 6.86. The Morgan fingerprint density at radius 3 is 2.43 bits per heavy atom. The highest BCUT2D eigenvalue weighted by atomic mass is 79.9. The van der Waals surface area contributed by atoms with Crippen LogP contribution in [0, 0.1) is 0 Å². The maximum atomic E-state index is 12.3. The Kier molecular flexibility index (Phi) is 5.85. The molecule has 5 nitrogen and oxygen atoms in total. The van der Waals surface area contributed by atoms with E-state index >= 15 is 0 Å². The molecule has 2 amide bonds. The highest BCUT2D eigenvalue weighted by Crippen LogP contribution is 2.17. The lowest BCUT2D eigenvalue weighted by atomic mass is 10.2. The number of furan rings is 1. The molecule has 1 aromatic carbocycles. The van der Waals surface area contributed by atoms with Crippen LogP contribution in [0.2, 0.25) is 5.02 Å². The first kappa shape index (κ1) is 17.6. The van der Waals surface area contributed by atoms with Crippen molar-refractivity contribution >= 4 is 39.3 Å². The molecule has 122 valence electrons. The van der Waals surface area contributed by atoms with E-state index < -0.39 is 0 Å². The zero-order valence-electron chi connectivity index (χ0n) is 12.8. The van der Waals surface area contributed by atoms with Gasteiger partial charge in [-0.05, 0) is 39.7 Å². The van der Waals surface area contributed by atoms with E-state index in [2.05, 4.69) is 15.9 Å². The van der Waals surface area contributed by atoms with Gasteiger partial charge in [0, 0.05) is 25.7 Å². The molecule has 1 heterocycles. The minimum absolute atomic E-state index is 0.0435. The van der Waals surface area contributed by atoms with E-state index in [0.717, 1.165) is 5.56 Å². The largest absolute Gasteiger partial charge is 0.444 e. The molecule has 0 N–H and O–H groups in total. The normalized spacial score (nSPS) is 10.4. The van der Waals surface area contributed by atoms with Crippen molar-refractivity contribution in [3.63, 3.8) is 0 Å². The van der Waals surface area contributed by atoms with Crippen molar-refractivity contribution in [2.24, 2.45) is 0 Å². The third kappa shape index (κ3) is 4.59. The summed E-state index contributed by atoms with van der Waals surface area (Å²) in [6.45, 7) is 0.338. The summed E-state index contributed by atoms with van der Waals surface area (Å²) < 4.78 is 5.67. The Hall–Kier alpha value is -1.79. The number of amides is 2. The molecule has 23 heavy (non-hydrogen) atoms. The summed E-state index contributed by atoms with van der Waals surface area (Å²) in [5.74, 6) is -0.359. The second-order valence-corrected chi connectivity index (χ2v) is 6.29. The summed E-state index contributed by atoms with van der Waals surface area (Å²) in [6.07, 6.45) is 0. The predicted molar refractivity (Wildman–Crippen MR) is 91.3 cm³/mol. The van der Waals surface area contributed by atoms with Crippen molar-refractivity contribution < 1.29 is 14.0 Å². The van der Waals surface area contributed by atoms with Gasteiger partial charge in [-0.3, -0.25) is 9.59 Å². The summed E-state index contributed by atoms with van der Waals surface area (Å²) in [6, 6.07) is 10.5. The number of nitrogens with zero attached hydrogens (tertiary/aromatic N) is 2. The second kappa shape index (κ2) is 7.66. The molecule has 7 heteroatoms. The van der Waals surface area contributed by atoms with E-state index in [-0.39, 0.29) is 24.1 Å². The van der Waals surface area contributed by atoms with Crippen LogP contribution in [0.4, 0.5) is 0 Å². The fourth-order valence-corrected chi connectivity index (χ4v) is 2.49. The summed E-state index contributed by atoms with van der Waals surface area (Å²) >= 11 is 9.23. The molecule has 0 saturated carbocycles. The molecule has 0 bridgehead atoms. The molecule has 2 rings (SSSR count). The number of halogens is 2. The van der Waals surface area contributed by atoms with E-state index in [0.29, 0.717) is 16.2 Å². The molecule has 2 aromatic rings. The van der Waals surface area contributed by atoms with Gasteiger partial charge < -0.3 is 14.2 Å². The number of carbonyl (C=O) groups excluding carboxylic acids is 2. The van der Waals surface area contributed by atoms with Crippen LogP contribution < -0.4 is 0 Å². The van der Waals surface area contributed by atoms with Crippen LogP contribution in [0.3, 0.4) is 0 Å². The van der Waals surface area contributed by atoms with Gasteiger partial charge in [-0.25, -0.2) is 0 Å². The van der Waals surface area contributed by atoms with Crippen molar-refractivity contribution in [1.82, 2.24) is 9.80 Å². The van der Waals surface area contributed by atoms with Crippen molar-refractivity contribution in [2.75, 3.05) is 20.6 Å². The molecule has 0 radical (unpaired) electrons. The van der Waals surface area contributed by atoms with E-state index in [1.165, 1.54) is 9.80 Å². The summed E-state index contributed by atoms with van der Waals surface area (Å²) in [4.78, 5) is 27.3. The van der Waals surface area contributed by atoms with Crippen LogP contribution in [-0.4, -0.2) is 42.3 Å². The van der Waals surface area contributed by atoms with Gasteiger partial charge in [0.2, 0.25) is 5.91 Å². The highest BCUT2D eigenvalue weighted by molar-refractivity contribution is 9.10. The Bertz CT molecular complexity index is 717. The lowest BCUT2D eigenvalue weighted by Gasteiger charge is -2.22. The van der Waals surface area contributed by atoms with Crippen molar-refractivity contribution in [1.29, 1.82) is 0 Å². The topological polar surface area (TPSA) is 53.8 Å². The average Bonchev–Trinajstić information content (AvgIpc) is 2.95. The van der Waals surface area contributed by atoms with Crippen LogP contribution >= 0.6 is 27.5 Å². The maximum Gasteiger partial charge on any atom is 0.289 e. The molecule has 0 fully saturated rings. The van der Waals surface area contributed by atoms with Crippen LogP contribution in [-0.2, 0) is 11.3 Å². The Balaban J connectivity index is 1.95. The third-order valence-electron chi connectivity index (χ3n) is 3.29. The predicted octanol–water partition coefficient (Wildman–Crippen LogP) is 3.43. The minimum Gasteiger partial charge on any atom is -0.444 e. The lowest BCUT2D eigenvalue weighted by Crippen LogP contribution is -2.39. The Morgan fingerprint density at radius 2 is 1.83 bits per heavy atom. The Morgan fingerprint density at radius 1 is 1.13 bits per heavy atom. The Labute approximate surface area is 147 Å². The van der Waals surface area contributed by atoms with Gasteiger partial charge >= 0.3 is 0 Å². The zero-order chi connectivity index (χ0) is 17.0. The SMILES string of the molecule is CN(Cc1ccccc1Cl)C(=O)CN(C)C(=O)c1ccc(Br)o1. The number of carbonyl (C=O) groups is 2. The lowest BCUT2D eigenvalue weighted by molar-refractivity contribution is -0.130. The van der Waals surface area contributed by atoms with Gasteiger partial charge in [0.1, 0.15) is 0 Å². The molecule has 0 unspecified atom stereocenters. The summed E-state index contributed by atoms with van der Waals surface area (Å²) in [5.41, 5.74) is 0.856. The molecule has 0 saturated heterocycles. The van der Waals surface area contributed by atoms with Crippen molar-refractivity contribution in [3.05, 3.63) is 57.4 Å². The first-order valence-corrected chi connectivity index (χ1v) is 8.03. The molecular formula is C16H16BrClN2O3. The maximum absolute atomic E-state index is 12.3. The van der Waals surface area contributed by atoms with Gasteiger partial charge in [0.15, 0.2) is 10.4 Å². The number of hydrogen-bond acceptors (Lipinski definition) is 3. The summed E-state index contributed by atoms with van der Waals surface area (Å²) in [5, 5.41) is 0.608. The van der Waals surface area contributed by atoms with Gasteiger partial charge in [-0.15, -0.1) is 0 Å².